The van der Waals surface area contributed by atoms with Crippen LogP contribution < -0.4 is 4.74 Å². The van der Waals surface area contributed by atoms with Crippen LogP contribution in [0.4, 0.5) is 8.78 Å². The molecule has 0 spiro atoms. The summed E-state index contributed by atoms with van der Waals surface area (Å²) in [5.74, 6) is -5.96. The molecule has 0 unspecified atom stereocenters. The fourth-order valence-corrected chi connectivity index (χ4v) is 1.48. The second kappa shape index (κ2) is 4.14. The molecular formula is C9H7BrF2O3. The fraction of sp³-hybridized carbons (Fsp3) is 0.222. The summed E-state index contributed by atoms with van der Waals surface area (Å²) >= 11 is 2.86. The van der Waals surface area contributed by atoms with Gasteiger partial charge in [0.25, 0.3) is 0 Å². The van der Waals surface area contributed by atoms with Gasteiger partial charge in [-0.25, -0.2) is 4.79 Å². The van der Waals surface area contributed by atoms with Gasteiger partial charge >= 0.3 is 11.9 Å². The molecule has 1 aromatic rings. The molecule has 0 heterocycles. The van der Waals surface area contributed by atoms with Crippen molar-refractivity contribution in [3.8, 4) is 5.75 Å². The highest BCUT2D eigenvalue weighted by Gasteiger charge is 2.42. The summed E-state index contributed by atoms with van der Waals surface area (Å²) in [6.45, 7) is 0. The Labute approximate surface area is 92.8 Å². The number of methoxy groups -OCH3 is 1. The van der Waals surface area contributed by atoms with Crippen LogP contribution in [0.1, 0.15) is 5.56 Å². The van der Waals surface area contributed by atoms with E-state index in [1.807, 2.05) is 0 Å². The van der Waals surface area contributed by atoms with Crippen molar-refractivity contribution in [1.29, 1.82) is 0 Å². The number of hydrogen-bond donors (Lipinski definition) is 1. The zero-order chi connectivity index (χ0) is 11.6. The highest BCUT2D eigenvalue weighted by Crippen LogP contribution is 2.36. The standard InChI is InChI=1S/C9H7BrF2O3/c1-15-5-2-3-7(10)6(4-5)9(11,12)8(13)14/h2-4H,1H3,(H,13,14). The third-order valence-corrected chi connectivity index (χ3v) is 2.47. The number of benzene rings is 1. The maximum Gasteiger partial charge on any atom is 0.379 e. The Kier molecular flexibility index (Phi) is 3.28. The van der Waals surface area contributed by atoms with Gasteiger partial charge in [0, 0.05) is 4.47 Å². The zero-order valence-electron chi connectivity index (χ0n) is 7.63. The fourth-order valence-electron chi connectivity index (χ4n) is 0.987. The van der Waals surface area contributed by atoms with Crippen molar-refractivity contribution in [2.75, 3.05) is 7.11 Å². The molecule has 0 bridgehead atoms. The number of halogens is 3. The van der Waals surface area contributed by atoms with Crippen molar-refractivity contribution in [3.63, 3.8) is 0 Å². The largest absolute Gasteiger partial charge is 0.497 e. The summed E-state index contributed by atoms with van der Waals surface area (Å²) in [6.07, 6.45) is 0. The summed E-state index contributed by atoms with van der Waals surface area (Å²) in [4.78, 5) is 10.4. The first kappa shape index (κ1) is 11.9. The predicted molar refractivity (Wildman–Crippen MR) is 52.2 cm³/mol. The summed E-state index contributed by atoms with van der Waals surface area (Å²) < 4.78 is 31.1. The summed E-state index contributed by atoms with van der Waals surface area (Å²) in [5, 5.41) is 8.37. The van der Waals surface area contributed by atoms with E-state index in [1.54, 1.807) is 0 Å². The Bertz CT molecular complexity index is 393. The van der Waals surface area contributed by atoms with E-state index in [1.165, 1.54) is 19.2 Å². The zero-order valence-corrected chi connectivity index (χ0v) is 9.22. The number of carboxylic acid groups (broad SMARTS) is 1. The van der Waals surface area contributed by atoms with E-state index < -0.39 is 17.5 Å². The number of hydrogen-bond acceptors (Lipinski definition) is 2. The molecule has 82 valence electrons. The molecule has 0 saturated heterocycles. The molecule has 3 nitrogen and oxygen atoms in total. The molecule has 0 aliphatic heterocycles. The minimum Gasteiger partial charge on any atom is -0.497 e. The van der Waals surface area contributed by atoms with Gasteiger partial charge in [-0.1, -0.05) is 15.9 Å². The summed E-state index contributed by atoms with van der Waals surface area (Å²) in [7, 11) is 1.31. The maximum atomic E-state index is 13.2. The van der Waals surface area contributed by atoms with Crippen LogP contribution in [0.5, 0.6) is 5.75 Å². The molecule has 0 aliphatic rings. The first-order valence-corrected chi connectivity index (χ1v) is 4.64. The lowest BCUT2D eigenvalue weighted by atomic mass is 10.1. The van der Waals surface area contributed by atoms with Crippen LogP contribution in [0.25, 0.3) is 0 Å². The number of carbonyl (C=O) groups is 1. The average Bonchev–Trinajstić information content (AvgIpc) is 2.18. The molecule has 1 aromatic carbocycles. The molecule has 0 saturated carbocycles. The molecule has 1 rings (SSSR count). The van der Waals surface area contributed by atoms with Gasteiger partial charge in [0.2, 0.25) is 0 Å². The van der Waals surface area contributed by atoms with Crippen LogP contribution in [0.2, 0.25) is 0 Å². The van der Waals surface area contributed by atoms with Crippen LogP contribution in [0.15, 0.2) is 22.7 Å². The van der Waals surface area contributed by atoms with Crippen molar-refractivity contribution in [2.45, 2.75) is 5.92 Å². The number of ether oxygens (including phenoxy) is 1. The second-order valence-corrected chi connectivity index (χ2v) is 3.58. The monoisotopic (exact) mass is 280 g/mol. The second-order valence-electron chi connectivity index (χ2n) is 2.73. The van der Waals surface area contributed by atoms with Crippen molar-refractivity contribution in [3.05, 3.63) is 28.2 Å². The third kappa shape index (κ3) is 2.26. The summed E-state index contributed by atoms with van der Waals surface area (Å²) in [6, 6.07) is 3.74. The Morgan fingerprint density at radius 3 is 2.60 bits per heavy atom. The predicted octanol–water partition coefficient (Wildman–Crippen LogP) is 2.63. The smallest absolute Gasteiger partial charge is 0.379 e. The van der Waals surface area contributed by atoms with Crippen LogP contribution in [-0.2, 0) is 10.7 Å². The van der Waals surface area contributed by atoms with Crippen molar-refractivity contribution in [1.82, 2.24) is 0 Å². The molecule has 0 aromatic heterocycles. The minimum absolute atomic E-state index is 0.0238. The lowest BCUT2D eigenvalue weighted by Crippen LogP contribution is -2.25. The maximum absolute atomic E-state index is 13.2. The highest BCUT2D eigenvalue weighted by molar-refractivity contribution is 9.10. The number of carboxylic acids is 1. The van der Waals surface area contributed by atoms with Gasteiger partial charge in [0.1, 0.15) is 5.75 Å². The van der Waals surface area contributed by atoms with E-state index in [9.17, 15) is 13.6 Å². The van der Waals surface area contributed by atoms with E-state index in [-0.39, 0.29) is 10.2 Å². The summed E-state index contributed by atoms with van der Waals surface area (Å²) in [5.41, 5.74) is -0.630. The van der Waals surface area contributed by atoms with Gasteiger partial charge < -0.3 is 9.84 Å². The van der Waals surface area contributed by atoms with Gasteiger partial charge in [-0.15, -0.1) is 0 Å². The van der Waals surface area contributed by atoms with E-state index in [2.05, 4.69) is 15.9 Å². The molecule has 1 N–H and O–H groups in total. The van der Waals surface area contributed by atoms with Crippen LogP contribution >= 0.6 is 15.9 Å². The third-order valence-electron chi connectivity index (χ3n) is 1.78. The molecule has 0 amide bonds. The quantitative estimate of drug-likeness (QED) is 0.926. The van der Waals surface area contributed by atoms with Gasteiger partial charge in [0.15, 0.2) is 0 Å². The highest BCUT2D eigenvalue weighted by atomic mass is 79.9. The van der Waals surface area contributed by atoms with Gasteiger partial charge in [-0.2, -0.15) is 8.78 Å². The first-order valence-electron chi connectivity index (χ1n) is 3.85. The van der Waals surface area contributed by atoms with E-state index in [0.29, 0.717) is 0 Å². The van der Waals surface area contributed by atoms with E-state index in [0.717, 1.165) is 6.07 Å². The van der Waals surface area contributed by atoms with Gasteiger partial charge in [0.05, 0.1) is 12.7 Å². The number of aliphatic carboxylic acids is 1. The first-order chi connectivity index (χ1) is 6.89. The van der Waals surface area contributed by atoms with Crippen molar-refractivity contribution in [2.24, 2.45) is 0 Å². The Morgan fingerprint density at radius 2 is 2.13 bits per heavy atom. The van der Waals surface area contributed by atoms with Crippen LogP contribution in [-0.4, -0.2) is 18.2 Å². The Balaban J connectivity index is 3.29. The van der Waals surface area contributed by atoms with Crippen LogP contribution in [0.3, 0.4) is 0 Å². The molecular weight excluding hydrogens is 274 g/mol. The van der Waals surface area contributed by atoms with E-state index >= 15 is 0 Å². The molecule has 15 heavy (non-hydrogen) atoms. The topological polar surface area (TPSA) is 46.5 Å². The lowest BCUT2D eigenvalue weighted by molar-refractivity contribution is -0.166. The molecule has 6 heteroatoms. The van der Waals surface area contributed by atoms with Crippen molar-refractivity contribution < 1.29 is 23.4 Å². The lowest BCUT2D eigenvalue weighted by Gasteiger charge is -2.14. The Hall–Kier alpha value is -1.17. The van der Waals surface area contributed by atoms with Gasteiger partial charge in [-0.3, -0.25) is 0 Å². The molecule has 0 radical (unpaired) electrons. The number of rotatable bonds is 3. The van der Waals surface area contributed by atoms with Crippen molar-refractivity contribution >= 4 is 21.9 Å². The SMILES string of the molecule is COc1ccc(Br)c(C(F)(F)C(=O)O)c1. The van der Waals surface area contributed by atoms with Crippen LogP contribution in [0, 0.1) is 0 Å². The molecule has 0 aliphatic carbocycles. The number of alkyl halides is 2. The van der Waals surface area contributed by atoms with E-state index in [4.69, 9.17) is 9.84 Å². The normalized spacial score (nSPS) is 11.2. The minimum atomic E-state index is -3.94. The molecule has 0 atom stereocenters. The Morgan fingerprint density at radius 1 is 1.53 bits per heavy atom. The average molecular weight is 281 g/mol. The van der Waals surface area contributed by atoms with Gasteiger partial charge in [-0.05, 0) is 18.2 Å². The molecule has 0 fully saturated rings.